The fourth-order valence-corrected chi connectivity index (χ4v) is 2.68. The standard InChI is InChI=1S/C19H21N3O2.ClH/c1-22(2)18(23)9-13-3-7-17(8-4-13)21-19(24)14-5-6-15-11-20-12-16(15)10-14;/h3-8,10,20H,9,11-12H2,1-2H3,(H,21,24);1H. The third kappa shape index (κ3) is 4.59. The van der Waals surface area contributed by atoms with E-state index in [0.717, 1.165) is 24.3 Å². The van der Waals surface area contributed by atoms with Gasteiger partial charge < -0.3 is 15.5 Å². The molecule has 1 aliphatic heterocycles. The summed E-state index contributed by atoms with van der Waals surface area (Å²) in [6.07, 6.45) is 0.360. The van der Waals surface area contributed by atoms with Gasteiger partial charge in [-0.15, -0.1) is 12.4 Å². The molecule has 0 saturated heterocycles. The highest BCUT2D eigenvalue weighted by Crippen LogP contribution is 2.18. The van der Waals surface area contributed by atoms with Crippen LogP contribution in [0.1, 0.15) is 27.0 Å². The van der Waals surface area contributed by atoms with E-state index in [1.54, 1.807) is 19.0 Å². The molecule has 0 saturated carbocycles. The van der Waals surface area contributed by atoms with Gasteiger partial charge in [0.2, 0.25) is 5.91 Å². The molecule has 2 amide bonds. The summed E-state index contributed by atoms with van der Waals surface area (Å²) in [6.45, 7) is 1.68. The maximum Gasteiger partial charge on any atom is 0.255 e. The first-order valence-electron chi connectivity index (χ1n) is 7.96. The van der Waals surface area contributed by atoms with Crippen LogP contribution in [0.25, 0.3) is 0 Å². The highest BCUT2D eigenvalue weighted by molar-refractivity contribution is 6.04. The van der Waals surface area contributed by atoms with Crippen molar-refractivity contribution in [2.45, 2.75) is 19.5 Å². The van der Waals surface area contributed by atoms with E-state index in [-0.39, 0.29) is 24.2 Å². The Kier molecular flexibility index (Phi) is 6.17. The number of anilines is 1. The first-order chi connectivity index (χ1) is 11.5. The molecule has 1 heterocycles. The predicted molar refractivity (Wildman–Crippen MR) is 101 cm³/mol. The molecule has 2 aromatic carbocycles. The van der Waals surface area contributed by atoms with Gasteiger partial charge in [-0.2, -0.15) is 0 Å². The number of carbonyl (C=O) groups is 2. The zero-order valence-electron chi connectivity index (χ0n) is 14.3. The second-order valence-corrected chi connectivity index (χ2v) is 6.20. The van der Waals surface area contributed by atoms with Crippen molar-refractivity contribution in [3.8, 4) is 0 Å². The van der Waals surface area contributed by atoms with E-state index >= 15 is 0 Å². The van der Waals surface area contributed by atoms with Crippen molar-refractivity contribution >= 4 is 29.9 Å². The van der Waals surface area contributed by atoms with Gasteiger partial charge in [0.15, 0.2) is 0 Å². The van der Waals surface area contributed by atoms with Gasteiger partial charge in [-0.1, -0.05) is 18.2 Å². The summed E-state index contributed by atoms with van der Waals surface area (Å²) < 4.78 is 0. The molecule has 0 fully saturated rings. The number of fused-ring (bicyclic) bond motifs is 1. The molecule has 25 heavy (non-hydrogen) atoms. The molecule has 0 atom stereocenters. The van der Waals surface area contributed by atoms with Crippen molar-refractivity contribution in [2.75, 3.05) is 19.4 Å². The molecule has 0 aliphatic carbocycles. The van der Waals surface area contributed by atoms with Gasteiger partial charge >= 0.3 is 0 Å². The summed E-state index contributed by atoms with van der Waals surface area (Å²) in [5.41, 5.74) is 4.74. The van der Waals surface area contributed by atoms with Crippen LogP contribution in [0.15, 0.2) is 42.5 Å². The van der Waals surface area contributed by atoms with Crippen LogP contribution in [0.2, 0.25) is 0 Å². The van der Waals surface area contributed by atoms with E-state index in [0.29, 0.717) is 12.0 Å². The van der Waals surface area contributed by atoms with Gasteiger partial charge in [-0.25, -0.2) is 0 Å². The van der Waals surface area contributed by atoms with E-state index < -0.39 is 0 Å². The summed E-state index contributed by atoms with van der Waals surface area (Å²) in [5, 5.41) is 6.17. The third-order valence-corrected chi connectivity index (χ3v) is 4.17. The number of nitrogens with one attached hydrogen (secondary N) is 2. The van der Waals surface area contributed by atoms with Crippen LogP contribution in [0.5, 0.6) is 0 Å². The molecule has 0 aromatic heterocycles. The average molecular weight is 360 g/mol. The number of hydrogen-bond donors (Lipinski definition) is 2. The summed E-state index contributed by atoms with van der Waals surface area (Å²) in [7, 11) is 3.48. The van der Waals surface area contributed by atoms with E-state index in [1.807, 2.05) is 42.5 Å². The Morgan fingerprint density at radius 2 is 1.72 bits per heavy atom. The second-order valence-electron chi connectivity index (χ2n) is 6.20. The van der Waals surface area contributed by atoms with Crippen LogP contribution in [-0.2, 0) is 24.3 Å². The van der Waals surface area contributed by atoms with Crippen molar-refractivity contribution in [1.29, 1.82) is 0 Å². The van der Waals surface area contributed by atoms with Crippen molar-refractivity contribution in [1.82, 2.24) is 10.2 Å². The van der Waals surface area contributed by atoms with Crippen LogP contribution in [-0.4, -0.2) is 30.8 Å². The Morgan fingerprint density at radius 3 is 2.40 bits per heavy atom. The van der Waals surface area contributed by atoms with Gasteiger partial charge in [-0.3, -0.25) is 9.59 Å². The van der Waals surface area contributed by atoms with Crippen LogP contribution >= 0.6 is 12.4 Å². The van der Waals surface area contributed by atoms with Gasteiger partial charge in [0, 0.05) is 38.4 Å². The molecule has 3 rings (SSSR count). The third-order valence-electron chi connectivity index (χ3n) is 4.17. The number of likely N-dealkylation sites (N-methyl/N-ethyl adjacent to an activating group) is 1. The molecule has 2 N–H and O–H groups in total. The van der Waals surface area contributed by atoms with Crippen molar-refractivity contribution in [2.24, 2.45) is 0 Å². The molecule has 0 radical (unpaired) electrons. The molecular weight excluding hydrogens is 338 g/mol. The highest BCUT2D eigenvalue weighted by Gasteiger charge is 2.13. The van der Waals surface area contributed by atoms with Crippen molar-refractivity contribution in [3.63, 3.8) is 0 Å². The number of benzene rings is 2. The van der Waals surface area contributed by atoms with Crippen LogP contribution in [0.3, 0.4) is 0 Å². The Bertz CT molecular complexity index is 773. The minimum absolute atomic E-state index is 0. The lowest BCUT2D eigenvalue weighted by molar-refractivity contribution is -0.127. The Balaban J connectivity index is 0.00000225. The number of halogens is 1. The van der Waals surface area contributed by atoms with Gasteiger partial charge in [0.1, 0.15) is 0 Å². The number of rotatable bonds is 4. The number of amides is 2. The quantitative estimate of drug-likeness (QED) is 0.882. The summed E-state index contributed by atoms with van der Waals surface area (Å²) in [4.78, 5) is 25.6. The van der Waals surface area contributed by atoms with Gasteiger partial charge in [-0.05, 0) is 41.0 Å². The first kappa shape index (κ1) is 19.0. The van der Waals surface area contributed by atoms with Crippen LogP contribution in [0.4, 0.5) is 5.69 Å². The minimum atomic E-state index is -0.123. The maximum absolute atomic E-state index is 12.4. The second kappa shape index (κ2) is 8.14. The van der Waals surface area contributed by atoms with E-state index in [9.17, 15) is 9.59 Å². The first-order valence-corrected chi connectivity index (χ1v) is 7.96. The molecule has 132 valence electrons. The Labute approximate surface area is 153 Å². The Hall–Kier alpha value is -2.37. The topological polar surface area (TPSA) is 61.4 Å². The maximum atomic E-state index is 12.4. The monoisotopic (exact) mass is 359 g/mol. The smallest absolute Gasteiger partial charge is 0.255 e. The SMILES string of the molecule is CN(C)C(=O)Cc1ccc(NC(=O)c2ccc3c(c2)CNC3)cc1.Cl. The largest absolute Gasteiger partial charge is 0.349 e. The minimum Gasteiger partial charge on any atom is -0.349 e. The van der Waals surface area contributed by atoms with Crippen LogP contribution in [0, 0.1) is 0 Å². The predicted octanol–water partition coefficient (Wildman–Crippen LogP) is 2.59. The molecule has 5 nitrogen and oxygen atoms in total. The normalized spacial score (nSPS) is 12.1. The molecule has 0 spiro atoms. The lowest BCUT2D eigenvalue weighted by Crippen LogP contribution is -2.23. The van der Waals surface area contributed by atoms with E-state index in [4.69, 9.17) is 0 Å². The summed E-state index contributed by atoms with van der Waals surface area (Å²) in [6, 6.07) is 13.2. The van der Waals surface area contributed by atoms with E-state index in [1.165, 1.54) is 11.1 Å². The van der Waals surface area contributed by atoms with E-state index in [2.05, 4.69) is 10.6 Å². The van der Waals surface area contributed by atoms with Gasteiger partial charge in [0.05, 0.1) is 6.42 Å². The molecular formula is C19H22ClN3O2. The molecule has 1 aliphatic rings. The van der Waals surface area contributed by atoms with Crippen molar-refractivity contribution in [3.05, 3.63) is 64.7 Å². The van der Waals surface area contributed by atoms with Crippen molar-refractivity contribution < 1.29 is 9.59 Å². The zero-order valence-corrected chi connectivity index (χ0v) is 15.2. The number of carbonyl (C=O) groups excluding carboxylic acids is 2. The lowest BCUT2D eigenvalue weighted by Gasteiger charge is -2.11. The molecule has 0 bridgehead atoms. The molecule has 2 aromatic rings. The lowest BCUT2D eigenvalue weighted by atomic mass is 10.1. The summed E-state index contributed by atoms with van der Waals surface area (Å²) >= 11 is 0. The molecule has 6 heteroatoms. The number of hydrogen-bond acceptors (Lipinski definition) is 3. The van der Waals surface area contributed by atoms with Crippen LogP contribution < -0.4 is 10.6 Å². The number of nitrogens with zero attached hydrogens (tertiary/aromatic N) is 1. The fourth-order valence-electron chi connectivity index (χ4n) is 2.68. The fraction of sp³-hybridized carbons (Fsp3) is 0.263. The highest BCUT2D eigenvalue weighted by atomic mass is 35.5. The average Bonchev–Trinajstić information content (AvgIpc) is 3.04. The Morgan fingerprint density at radius 1 is 1.04 bits per heavy atom. The molecule has 0 unspecified atom stereocenters. The summed E-state index contributed by atoms with van der Waals surface area (Å²) in [5.74, 6) is -0.0691. The van der Waals surface area contributed by atoms with Gasteiger partial charge in [0.25, 0.3) is 5.91 Å². The zero-order chi connectivity index (χ0) is 17.1.